The van der Waals surface area contributed by atoms with Gasteiger partial charge in [-0.1, -0.05) is 23.7 Å². The highest BCUT2D eigenvalue weighted by molar-refractivity contribution is 6.32. The van der Waals surface area contributed by atoms with Crippen molar-refractivity contribution in [2.75, 3.05) is 13.1 Å². The lowest BCUT2D eigenvalue weighted by Gasteiger charge is -2.29. The zero-order chi connectivity index (χ0) is 16.7. The molecule has 8 heteroatoms. The molecule has 1 saturated carbocycles. The van der Waals surface area contributed by atoms with E-state index in [1.165, 1.54) is 0 Å². The van der Waals surface area contributed by atoms with Gasteiger partial charge in [0, 0.05) is 25.0 Å². The minimum Gasteiger partial charge on any atom is -0.334 e. The highest BCUT2D eigenvalue weighted by Gasteiger charge is 2.33. The van der Waals surface area contributed by atoms with Gasteiger partial charge in [0.2, 0.25) is 5.82 Å². The number of para-hydroxylation sites is 1. The van der Waals surface area contributed by atoms with E-state index in [4.69, 9.17) is 17.3 Å². The maximum atomic E-state index is 12.8. The van der Waals surface area contributed by atoms with Crippen LogP contribution < -0.4 is 5.73 Å². The summed E-state index contributed by atoms with van der Waals surface area (Å²) in [6.07, 6.45) is 4.03. The summed E-state index contributed by atoms with van der Waals surface area (Å²) in [6.45, 7) is 1.28. The van der Waals surface area contributed by atoms with Crippen molar-refractivity contribution in [1.29, 1.82) is 0 Å². The predicted octanol–water partition coefficient (Wildman–Crippen LogP) is 2.78. The molecule has 2 aromatic rings. The Hall–Kier alpha value is -1.63. The molecular formula is C17H21Cl2N5O. The molecule has 4 rings (SSSR count). The SMILES string of the molecule is Cl.NC1CCCN(C(=O)c2nc(C3CC3)n(-c3ccccc3Cl)n2)C1. The van der Waals surface area contributed by atoms with Crippen LogP contribution in [0.5, 0.6) is 0 Å². The zero-order valence-corrected chi connectivity index (χ0v) is 15.3. The molecule has 1 aliphatic carbocycles. The van der Waals surface area contributed by atoms with Crippen molar-refractivity contribution < 1.29 is 4.79 Å². The number of carbonyl (C=O) groups excluding carboxylic acids is 1. The summed E-state index contributed by atoms with van der Waals surface area (Å²) in [5.74, 6) is 1.29. The summed E-state index contributed by atoms with van der Waals surface area (Å²) in [6, 6.07) is 7.54. The number of nitrogens with zero attached hydrogens (tertiary/aromatic N) is 4. The zero-order valence-electron chi connectivity index (χ0n) is 13.8. The Kier molecular flexibility index (Phi) is 5.32. The fourth-order valence-electron chi connectivity index (χ4n) is 3.16. The lowest BCUT2D eigenvalue weighted by atomic mass is 10.1. The Labute approximate surface area is 157 Å². The van der Waals surface area contributed by atoms with Gasteiger partial charge in [-0.3, -0.25) is 4.79 Å². The molecule has 25 heavy (non-hydrogen) atoms. The minimum atomic E-state index is -0.141. The van der Waals surface area contributed by atoms with Gasteiger partial charge in [-0.05, 0) is 37.8 Å². The Morgan fingerprint density at radius 1 is 1.24 bits per heavy atom. The Balaban J connectivity index is 0.00000182. The number of piperidine rings is 1. The largest absolute Gasteiger partial charge is 0.334 e. The van der Waals surface area contributed by atoms with Gasteiger partial charge in [0.25, 0.3) is 5.91 Å². The number of amides is 1. The van der Waals surface area contributed by atoms with Gasteiger partial charge in [0.15, 0.2) is 0 Å². The van der Waals surface area contributed by atoms with Crippen LogP contribution >= 0.6 is 24.0 Å². The van der Waals surface area contributed by atoms with Crippen LogP contribution in [0.2, 0.25) is 5.02 Å². The van der Waals surface area contributed by atoms with Crippen molar-refractivity contribution in [3.8, 4) is 5.69 Å². The molecule has 2 N–H and O–H groups in total. The second kappa shape index (κ2) is 7.32. The molecule has 2 fully saturated rings. The van der Waals surface area contributed by atoms with E-state index in [1.54, 1.807) is 9.58 Å². The molecule has 1 atom stereocenters. The normalized spacial score (nSPS) is 20.2. The molecule has 1 unspecified atom stereocenters. The van der Waals surface area contributed by atoms with Crippen LogP contribution in [-0.4, -0.2) is 44.7 Å². The molecule has 1 amide bonds. The van der Waals surface area contributed by atoms with Gasteiger partial charge in [0.1, 0.15) is 5.82 Å². The van der Waals surface area contributed by atoms with E-state index in [9.17, 15) is 4.79 Å². The molecule has 6 nitrogen and oxygen atoms in total. The highest BCUT2D eigenvalue weighted by atomic mass is 35.5. The third-order valence-corrected chi connectivity index (χ3v) is 4.91. The highest BCUT2D eigenvalue weighted by Crippen LogP contribution is 2.40. The minimum absolute atomic E-state index is 0. The van der Waals surface area contributed by atoms with Gasteiger partial charge < -0.3 is 10.6 Å². The lowest BCUT2D eigenvalue weighted by Crippen LogP contribution is -2.46. The van der Waals surface area contributed by atoms with Crippen LogP contribution in [0, 0.1) is 0 Å². The number of hydrogen-bond donors (Lipinski definition) is 1. The van der Waals surface area contributed by atoms with E-state index in [1.807, 2.05) is 24.3 Å². The topological polar surface area (TPSA) is 77.0 Å². The van der Waals surface area contributed by atoms with E-state index in [0.717, 1.165) is 37.2 Å². The number of carbonyl (C=O) groups is 1. The van der Waals surface area contributed by atoms with Crippen LogP contribution in [0.15, 0.2) is 24.3 Å². The summed E-state index contributed by atoms with van der Waals surface area (Å²) in [7, 11) is 0. The van der Waals surface area contributed by atoms with Crippen molar-refractivity contribution >= 4 is 29.9 Å². The number of benzene rings is 1. The number of hydrogen-bond acceptors (Lipinski definition) is 4. The van der Waals surface area contributed by atoms with Crippen molar-refractivity contribution in [2.45, 2.75) is 37.6 Å². The monoisotopic (exact) mass is 381 g/mol. The lowest BCUT2D eigenvalue weighted by molar-refractivity contribution is 0.0696. The number of halogens is 2. The molecule has 2 heterocycles. The van der Waals surface area contributed by atoms with Gasteiger partial charge >= 0.3 is 0 Å². The van der Waals surface area contributed by atoms with E-state index in [-0.39, 0.29) is 30.2 Å². The third kappa shape index (κ3) is 3.66. The second-order valence-electron chi connectivity index (χ2n) is 6.58. The first kappa shape index (κ1) is 18.2. The molecule has 0 bridgehead atoms. The average molecular weight is 382 g/mol. The number of aromatic nitrogens is 3. The summed E-state index contributed by atoms with van der Waals surface area (Å²) >= 11 is 6.31. The first-order valence-electron chi connectivity index (χ1n) is 8.40. The summed E-state index contributed by atoms with van der Waals surface area (Å²) in [5.41, 5.74) is 6.75. The number of nitrogens with two attached hydrogens (primary N) is 1. The predicted molar refractivity (Wildman–Crippen MR) is 98.7 cm³/mol. The average Bonchev–Trinajstić information content (AvgIpc) is 3.34. The van der Waals surface area contributed by atoms with Crippen LogP contribution in [0.1, 0.15) is 48.0 Å². The maximum absolute atomic E-state index is 12.8. The van der Waals surface area contributed by atoms with Crippen LogP contribution in [0.3, 0.4) is 0 Å². The molecule has 1 aliphatic heterocycles. The quantitative estimate of drug-likeness (QED) is 0.886. The van der Waals surface area contributed by atoms with Gasteiger partial charge in [-0.2, -0.15) is 0 Å². The first-order chi connectivity index (χ1) is 11.6. The van der Waals surface area contributed by atoms with Crippen molar-refractivity contribution in [2.24, 2.45) is 5.73 Å². The van der Waals surface area contributed by atoms with Crippen LogP contribution in [-0.2, 0) is 0 Å². The Morgan fingerprint density at radius 3 is 2.68 bits per heavy atom. The fraction of sp³-hybridized carbons (Fsp3) is 0.471. The van der Waals surface area contributed by atoms with E-state index < -0.39 is 0 Å². The van der Waals surface area contributed by atoms with Crippen LogP contribution in [0.4, 0.5) is 0 Å². The van der Waals surface area contributed by atoms with Crippen molar-refractivity contribution in [1.82, 2.24) is 19.7 Å². The molecular weight excluding hydrogens is 361 g/mol. The maximum Gasteiger partial charge on any atom is 0.293 e. The van der Waals surface area contributed by atoms with E-state index in [2.05, 4.69) is 10.1 Å². The van der Waals surface area contributed by atoms with Crippen molar-refractivity contribution in [3.63, 3.8) is 0 Å². The molecule has 134 valence electrons. The molecule has 1 aromatic heterocycles. The van der Waals surface area contributed by atoms with Crippen molar-refractivity contribution in [3.05, 3.63) is 40.9 Å². The van der Waals surface area contributed by atoms with E-state index in [0.29, 0.717) is 24.0 Å². The molecule has 1 saturated heterocycles. The fourth-order valence-corrected chi connectivity index (χ4v) is 3.37. The molecule has 0 radical (unpaired) electrons. The number of rotatable bonds is 3. The molecule has 1 aromatic carbocycles. The Morgan fingerprint density at radius 2 is 2.00 bits per heavy atom. The Bertz CT molecular complexity index is 774. The number of likely N-dealkylation sites (tertiary alicyclic amines) is 1. The smallest absolute Gasteiger partial charge is 0.293 e. The molecule has 0 spiro atoms. The van der Waals surface area contributed by atoms with Crippen LogP contribution in [0.25, 0.3) is 5.69 Å². The van der Waals surface area contributed by atoms with Gasteiger partial charge in [0.05, 0.1) is 10.7 Å². The molecule has 2 aliphatic rings. The van der Waals surface area contributed by atoms with Gasteiger partial charge in [-0.25, -0.2) is 9.67 Å². The van der Waals surface area contributed by atoms with Gasteiger partial charge in [-0.15, -0.1) is 17.5 Å². The third-order valence-electron chi connectivity index (χ3n) is 4.59. The summed E-state index contributed by atoms with van der Waals surface area (Å²) < 4.78 is 1.73. The van der Waals surface area contributed by atoms with E-state index >= 15 is 0 Å². The second-order valence-corrected chi connectivity index (χ2v) is 6.99. The summed E-state index contributed by atoms with van der Waals surface area (Å²) in [5, 5.41) is 5.09. The summed E-state index contributed by atoms with van der Waals surface area (Å²) in [4.78, 5) is 19.1. The standard InChI is InChI=1S/C17H20ClN5O.ClH/c18-13-5-1-2-6-14(13)23-16(11-7-8-11)20-15(21-23)17(24)22-9-3-4-12(19)10-22;/h1-2,5-6,11-12H,3-4,7-10,19H2;1H. The first-order valence-corrected chi connectivity index (χ1v) is 8.78.